The Labute approximate surface area is 127 Å². The molecule has 0 bridgehead atoms. The molecule has 1 fully saturated rings. The zero-order valence-corrected chi connectivity index (χ0v) is 13.4. The summed E-state index contributed by atoms with van der Waals surface area (Å²) in [6, 6.07) is 8.99. The number of nitrogens with zero attached hydrogens (tertiary/aromatic N) is 1. The SMILES string of the molecule is CCN1CCC(NC(C)c2cccc(NC(C)=O)c2)CC1. The molecule has 1 aliphatic rings. The van der Waals surface area contributed by atoms with Crippen molar-refractivity contribution < 1.29 is 4.79 Å². The fourth-order valence-corrected chi connectivity index (χ4v) is 2.95. The van der Waals surface area contributed by atoms with Gasteiger partial charge in [-0.1, -0.05) is 19.1 Å². The molecule has 0 aromatic heterocycles. The molecule has 21 heavy (non-hydrogen) atoms. The van der Waals surface area contributed by atoms with Crippen LogP contribution in [0, 0.1) is 0 Å². The van der Waals surface area contributed by atoms with E-state index in [0.29, 0.717) is 12.1 Å². The summed E-state index contributed by atoms with van der Waals surface area (Å²) < 4.78 is 0. The van der Waals surface area contributed by atoms with Crippen LogP contribution in [0.5, 0.6) is 0 Å². The number of benzene rings is 1. The van der Waals surface area contributed by atoms with Gasteiger partial charge in [-0.3, -0.25) is 4.79 Å². The Hall–Kier alpha value is -1.39. The minimum Gasteiger partial charge on any atom is -0.326 e. The van der Waals surface area contributed by atoms with Crippen LogP contribution in [0.2, 0.25) is 0 Å². The Balaban J connectivity index is 1.91. The lowest BCUT2D eigenvalue weighted by Crippen LogP contribution is -2.43. The van der Waals surface area contributed by atoms with Gasteiger partial charge in [-0.2, -0.15) is 0 Å². The Morgan fingerprint density at radius 2 is 2.10 bits per heavy atom. The molecular formula is C17H27N3O. The van der Waals surface area contributed by atoms with Crippen molar-refractivity contribution in [2.45, 2.75) is 45.7 Å². The van der Waals surface area contributed by atoms with Crippen molar-refractivity contribution in [3.63, 3.8) is 0 Å². The summed E-state index contributed by atoms with van der Waals surface area (Å²) in [6.45, 7) is 9.49. The molecule has 1 heterocycles. The smallest absolute Gasteiger partial charge is 0.221 e. The van der Waals surface area contributed by atoms with Gasteiger partial charge in [-0.05, 0) is 57.1 Å². The summed E-state index contributed by atoms with van der Waals surface area (Å²) in [7, 11) is 0. The minimum absolute atomic E-state index is 0.0281. The van der Waals surface area contributed by atoms with Crippen LogP contribution >= 0.6 is 0 Å². The van der Waals surface area contributed by atoms with Gasteiger partial charge in [0.25, 0.3) is 0 Å². The lowest BCUT2D eigenvalue weighted by Gasteiger charge is -2.33. The molecule has 1 saturated heterocycles. The normalized spacial score (nSPS) is 18.4. The highest BCUT2D eigenvalue weighted by Crippen LogP contribution is 2.20. The number of piperidine rings is 1. The quantitative estimate of drug-likeness (QED) is 0.876. The number of nitrogens with one attached hydrogen (secondary N) is 2. The fraction of sp³-hybridized carbons (Fsp3) is 0.588. The van der Waals surface area contributed by atoms with Crippen LogP contribution in [0.25, 0.3) is 0 Å². The molecular weight excluding hydrogens is 262 g/mol. The van der Waals surface area contributed by atoms with Crippen molar-refractivity contribution in [3.8, 4) is 0 Å². The standard InChI is InChI=1S/C17H27N3O/c1-4-20-10-8-16(9-11-20)18-13(2)15-6-5-7-17(12-15)19-14(3)21/h5-7,12-13,16,18H,4,8-11H2,1-3H3,(H,19,21). The van der Waals surface area contributed by atoms with E-state index in [4.69, 9.17) is 0 Å². The molecule has 4 heteroatoms. The first-order chi connectivity index (χ1) is 10.1. The molecule has 1 aromatic rings. The molecule has 1 unspecified atom stereocenters. The molecule has 4 nitrogen and oxygen atoms in total. The zero-order valence-electron chi connectivity index (χ0n) is 13.4. The van der Waals surface area contributed by atoms with Crippen LogP contribution < -0.4 is 10.6 Å². The monoisotopic (exact) mass is 289 g/mol. The molecule has 0 aliphatic carbocycles. The third kappa shape index (κ3) is 4.83. The van der Waals surface area contributed by atoms with Gasteiger partial charge in [0.1, 0.15) is 0 Å². The van der Waals surface area contributed by atoms with Crippen molar-refractivity contribution in [3.05, 3.63) is 29.8 Å². The van der Waals surface area contributed by atoms with Gasteiger partial charge in [0.15, 0.2) is 0 Å². The van der Waals surface area contributed by atoms with Crippen LogP contribution in [0.3, 0.4) is 0 Å². The van der Waals surface area contributed by atoms with Crippen LogP contribution in [0.1, 0.15) is 45.2 Å². The average molecular weight is 289 g/mol. The van der Waals surface area contributed by atoms with E-state index >= 15 is 0 Å². The number of hydrogen-bond donors (Lipinski definition) is 2. The van der Waals surface area contributed by atoms with Gasteiger partial charge in [-0.15, -0.1) is 0 Å². The average Bonchev–Trinajstić information content (AvgIpc) is 2.47. The summed E-state index contributed by atoms with van der Waals surface area (Å²) in [6.07, 6.45) is 2.42. The maximum absolute atomic E-state index is 11.1. The lowest BCUT2D eigenvalue weighted by molar-refractivity contribution is -0.114. The van der Waals surface area contributed by atoms with E-state index in [0.717, 1.165) is 12.2 Å². The maximum Gasteiger partial charge on any atom is 0.221 e. The Morgan fingerprint density at radius 1 is 1.38 bits per heavy atom. The molecule has 1 aromatic carbocycles. The van der Waals surface area contributed by atoms with Gasteiger partial charge in [0.2, 0.25) is 5.91 Å². The fourth-order valence-electron chi connectivity index (χ4n) is 2.95. The summed E-state index contributed by atoms with van der Waals surface area (Å²) in [4.78, 5) is 13.6. The van der Waals surface area contributed by atoms with E-state index < -0.39 is 0 Å². The molecule has 0 saturated carbocycles. The second-order valence-electron chi connectivity index (χ2n) is 5.90. The number of amides is 1. The second kappa shape index (κ2) is 7.57. The molecule has 0 spiro atoms. The maximum atomic E-state index is 11.1. The first-order valence-electron chi connectivity index (χ1n) is 7.94. The number of anilines is 1. The third-order valence-corrected chi connectivity index (χ3v) is 4.23. The molecule has 1 amide bonds. The van der Waals surface area contributed by atoms with Crippen molar-refractivity contribution in [1.29, 1.82) is 0 Å². The van der Waals surface area contributed by atoms with Crippen LogP contribution in [-0.4, -0.2) is 36.5 Å². The molecule has 1 aliphatic heterocycles. The number of hydrogen-bond acceptors (Lipinski definition) is 3. The topological polar surface area (TPSA) is 44.4 Å². The van der Waals surface area contributed by atoms with E-state index in [1.807, 2.05) is 12.1 Å². The van der Waals surface area contributed by atoms with Crippen molar-refractivity contribution in [2.24, 2.45) is 0 Å². The summed E-state index contributed by atoms with van der Waals surface area (Å²) in [5.74, 6) is -0.0281. The van der Waals surface area contributed by atoms with E-state index in [-0.39, 0.29) is 5.91 Å². The number of carbonyl (C=O) groups is 1. The largest absolute Gasteiger partial charge is 0.326 e. The second-order valence-corrected chi connectivity index (χ2v) is 5.90. The van der Waals surface area contributed by atoms with Gasteiger partial charge >= 0.3 is 0 Å². The lowest BCUT2D eigenvalue weighted by atomic mass is 10.0. The van der Waals surface area contributed by atoms with Crippen molar-refractivity contribution >= 4 is 11.6 Å². The number of rotatable bonds is 5. The number of carbonyl (C=O) groups excluding carboxylic acids is 1. The predicted molar refractivity (Wildman–Crippen MR) is 87.4 cm³/mol. The van der Waals surface area contributed by atoms with Crippen LogP contribution in [-0.2, 0) is 4.79 Å². The van der Waals surface area contributed by atoms with Gasteiger partial charge in [-0.25, -0.2) is 0 Å². The Kier molecular flexibility index (Phi) is 5.76. The van der Waals surface area contributed by atoms with Crippen molar-refractivity contribution in [1.82, 2.24) is 10.2 Å². The summed E-state index contributed by atoms with van der Waals surface area (Å²) in [5.41, 5.74) is 2.09. The van der Waals surface area contributed by atoms with Gasteiger partial charge in [0, 0.05) is 24.7 Å². The Bertz CT molecular complexity index is 467. The van der Waals surface area contributed by atoms with E-state index in [2.05, 4.69) is 41.5 Å². The van der Waals surface area contributed by atoms with Gasteiger partial charge in [0.05, 0.1) is 0 Å². The highest BCUT2D eigenvalue weighted by molar-refractivity contribution is 5.88. The first kappa shape index (κ1) is 16.0. The third-order valence-electron chi connectivity index (χ3n) is 4.23. The molecule has 0 radical (unpaired) electrons. The molecule has 116 valence electrons. The van der Waals surface area contributed by atoms with Crippen LogP contribution in [0.15, 0.2) is 24.3 Å². The molecule has 1 atom stereocenters. The van der Waals surface area contributed by atoms with E-state index in [1.54, 1.807) is 0 Å². The summed E-state index contributed by atoms with van der Waals surface area (Å²) >= 11 is 0. The highest BCUT2D eigenvalue weighted by atomic mass is 16.1. The Morgan fingerprint density at radius 3 is 2.71 bits per heavy atom. The van der Waals surface area contributed by atoms with Gasteiger partial charge < -0.3 is 15.5 Å². The minimum atomic E-state index is -0.0281. The van der Waals surface area contributed by atoms with E-state index in [9.17, 15) is 4.79 Å². The molecule has 2 N–H and O–H groups in total. The summed E-state index contributed by atoms with van der Waals surface area (Å²) in [5, 5.41) is 6.56. The predicted octanol–water partition coefficient (Wildman–Crippen LogP) is 2.78. The zero-order chi connectivity index (χ0) is 15.2. The number of likely N-dealkylation sites (tertiary alicyclic amines) is 1. The van der Waals surface area contributed by atoms with E-state index in [1.165, 1.54) is 38.4 Å². The van der Waals surface area contributed by atoms with Crippen LogP contribution in [0.4, 0.5) is 5.69 Å². The highest BCUT2D eigenvalue weighted by Gasteiger charge is 2.19. The first-order valence-corrected chi connectivity index (χ1v) is 7.94. The molecule has 2 rings (SSSR count). The van der Waals surface area contributed by atoms with Crippen molar-refractivity contribution in [2.75, 3.05) is 25.0 Å².